The van der Waals surface area contributed by atoms with E-state index in [1.54, 1.807) is 11.3 Å². The number of nitrogens with zero attached hydrogens (tertiary/aromatic N) is 2. The van der Waals surface area contributed by atoms with Crippen LogP contribution in [0.4, 0.5) is 0 Å². The molecule has 0 atom stereocenters. The molecular formula is C23H16N2OS. The van der Waals surface area contributed by atoms with Crippen molar-refractivity contribution < 1.29 is 4.42 Å². The van der Waals surface area contributed by atoms with Gasteiger partial charge in [-0.25, -0.2) is 9.97 Å². The minimum absolute atomic E-state index is 0.589. The molecule has 0 aliphatic heterocycles. The highest BCUT2D eigenvalue weighted by Crippen LogP contribution is 2.33. The van der Waals surface area contributed by atoms with E-state index in [1.807, 2.05) is 54.6 Å². The molecule has 0 amide bonds. The zero-order chi connectivity index (χ0) is 18.1. The second-order valence-electron chi connectivity index (χ2n) is 6.27. The number of rotatable bonds is 4. The van der Waals surface area contributed by atoms with Crippen LogP contribution in [0.5, 0.6) is 0 Å². The summed E-state index contributed by atoms with van der Waals surface area (Å²) in [7, 11) is 0. The molecule has 0 fully saturated rings. The largest absolute Gasteiger partial charge is 0.440 e. The Bertz CT molecular complexity index is 1100. The molecule has 0 spiro atoms. The normalized spacial score (nSPS) is 11.1. The molecule has 0 saturated carbocycles. The molecule has 5 aromatic rings. The molecule has 3 aromatic carbocycles. The number of oxazole rings is 1. The summed E-state index contributed by atoms with van der Waals surface area (Å²) >= 11 is 1.69. The van der Waals surface area contributed by atoms with Crippen LogP contribution in [0.2, 0.25) is 0 Å². The lowest BCUT2D eigenvalue weighted by Gasteiger charge is -2.00. The quantitative estimate of drug-likeness (QED) is 0.378. The van der Waals surface area contributed by atoms with Crippen molar-refractivity contribution in [3.05, 3.63) is 95.8 Å². The van der Waals surface area contributed by atoms with Gasteiger partial charge in [0.05, 0.1) is 16.6 Å². The van der Waals surface area contributed by atoms with Crippen LogP contribution in [0.1, 0.15) is 10.9 Å². The van der Waals surface area contributed by atoms with E-state index in [9.17, 15) is 0 Å². The van der Waals surface area contributed by atoms with Gasteiger partial charge < -0.3 is 4.42 Å². The Balaban J connectivity index is 1.58. The van der Waals surface area contributed by atoms with Crippen LogP contribution < -0.4 is 0 Å². The minimum atomic E-state index is 0.589. The Morgan fingerprint density at radius 2 is 1.37 bits per heavy atom. The fourth-order valence-electron chi connectivity index (χ4n) is 3.14. The lowest BCUT2D eigenvalue weighted by Crippen LogP contribution is -1.87. The number of thiazole rings is 1. The maximum Gasteiger partial charge on any atom is 0.202 e. The van der Waals surface area contributed by atoms with Gasteiger partial charge in [-0.2, -0.15) is 0 Å². The first-order valence-electron chi connectivity index (χ1n) is 8.82. The van der Waals surface area contributed by atoms with Crippen molar-refractivity contribution >= 4 is 21.6 Å². The van der Waals surface area contributed by atoms with E-state index in [4.69, 9.17) is 14.4 Å². The smallest absolute Gasteiger partial charge is 0.202 e. The first-order valence-corrected chi connectivity index (χ1v) is 9.63. The number of aromatic nitrogens is 2. The van der Waals surface area contributed by atoms with E-state index in [0.29, 0.717) is 12.3 Å². The number of hydrogen-bond donors (Lipinski definition) is 0. The van der Waals surface area contributed by atoms with Crippen molar-refractivity contribution in [3.8, 4) is 22.6 Å². The van der Waals surface area contributed by atoms with Crippen molar-refractivity contribution in [1.82, 2.24) is 9.97 Å². The fraction of sp³-hybridized carbons (Fsp3) is 0.0435. The molecular weight excluding hydrogens is 352 g/mol. The number of fused-ring (bicyclic) bond motifs is 1. The molecule has 5 rings (SSSR count). The molecule has 2 aromatic heterocycles. The molecule has 3 nitrogen and oxygen atoms in total. The van der Waals surface area contributed by atoms with Gasteiger partial charge >= 0.3 is 0 Å². The Hall–Kier alpha value is -3.24. The van der Waals surface area contributed by atoms with E-state index in [2.05, 4.69) is 30.3 Å². The van der Waals surface area contributed by atoms with Gasteiger partial charge in [-0.1, -0.05) is 72.8 Å². The lowest BCUT2D eigenvalue weighted by atomic mass is 10.1. The summed E-state index contributed by atoms with van der Waals surface area (Å²) in [5, 5.41) is 1.01. The zero-order valence-corrected chi connectivity index (χ0v) is 15.3. The molecule has 130 valence electrons. The van der Waals surface area contributed by atoms with Gasteiger partial charge in [0.2, 0.25) is 5.89 Å². The molecule has 0 unspecified atom stereocenters. The summed E-state index contributed by atoms with van der Waals surface area (Å²) in [6.07, 6.45) is 0.589. The standard InChI is InChI=1S/C23H16N2OS/c1-3-9-16(10-4-1)22-23(17-11-5-2-6-12-17)26-20(25-22)15-21-24-18-13-7-8-14-19(18)27-21/h1-14H,15H2. The summed E-state index contributed by atoms with van der Waals surface area (Å²) in [5.74, 6) is 1.49. The number of para-hydroxylation sites is 1. The average Bonchev–Trinajstić information content (AvgIpc) is 3.33. The summed E-state index contributed by atoms with van der Waals surface area (Å²) in [6.45, 7) is 0. The number of hydrogen-bond acceptors (Lipinski definition) is 4. The highest BCUT2D eigenvalue weighted by Gasteiger charge is 2.18. The Labute approximate surface area is 161 Å². The third-order valence-corrected chi connectivity index (χ3v) is 5.43. The molecule has 0 bridgehead atoms. The average molecular weight is 368 g/mol. The molecule has 27 heavy (non-hydrogen) atoms. The topological polar surface area (TPSA) is 38.9 Å². The molecule has 0 N–H and O–H groups in total. The maximum atomic E-state index is 6.21. The molecule has 4 heteroatoms. The van der Waals surface area contributed by atoms with Crippen LogP contribution in [-0.2, 0) is 6.42 Å². The van der Waals surface area contributed by atoms with E-state index in [-0.39, 0.29) is 0 Å². The van der Waals surface area contributed by atoms with Crippen molar-refractivity contribution in [2.24, 2.45) is 0 Å². The second kappa shape index (κ2) is 6.82. The highest BCUT2D eigenvalue weighted by atomic mass is 32.1. The molecule has 0 radical (unpaired) electrons. The molecule has 0 saturated heterocycles. The van der Waals surface area contributed by atoms with Crippen molar-refractivity contribution in [2.45, 2.75) is 6.42 Å². The van der Waals surface area contributed by atoms with Crippen LogP contribution >= 0.6 is 11.3 Å². The first kappa shape index (κ1) is 16.0. The first-order chi connectivity index (χ1) is 13.4. The monoisotopic (exact) mass is 368 g/mol. The maximum absolute atomic E-state index is 6.21. The SMILES string of the molecule is c1ccc(-c2nc(Cc3nc4ccccc4s3)oc2-c2ccccc2)cc1. The van der Waals surface area contributed by atoms with Gasteiger partial charge in [0, 0.05) is 11.1 Å². The van der Waals surface area contributed by atoms with Crippen molar-refractivity contribution in [3.63, 3.8) is 0 Å². The minimum Gasteiger partial charge on any atom is -0.440 e. The van der Waals surface area contributed by atoms with E-state index < -0.39 is 0 Å². The van der Waals surface area contributed by atoms with Crippen molar-refractivity contribution in [1.29, 1.82) is 0 Å². The third kappa shape index (κ3) is 3.15. The summed E-state index contributed by atoms with van der Waals surface area (Å²) in [5.41, 5.74) is 3.98. The van der Waals surface area contributed by atoms with Crippen LogP contribution in [0, 0.1) is 0 Å². The van der Waals surface area contributed by atoms with Gasteiger partial charge in [0.1, 0.15) is 10.7 Å². The van der Waals surface area contributed by atoms with Gasteiger partial charge in [0.15, 0.2) is 5.76 Å². The lowest BCUT2D eigenvalue weighted by molar-refractivity contribution is 0.519. The Kier molecular flexibility index (Phi) is 4.03. The van der Waals surface area contributed by atoms with Crippen molar-refractivity contribution in [2.75, 3.05) is 0 Å². The van der Waals surface area contributed by atoms with E-state index in [0.717, 1.165) is 33.1 Å². The molecule has 2 heterocycles. The zero-order valence-electron chi connectivity index (χ0n) is 14.5. The van der Waals surface area contributed by atoms with E-state index >= 15 is 0 Å². The van der Waals surface area contributed by atoms with Gasteiger partial charge in [-0.05, 0) is 12.1 Å². The van der Waals surface area contributed by atoms with Crippen LogP contribution in [-0.4, -0.2) is 9.97 Å². The van der Waals surface area contributed by atoms with Crippen LogP contribution in [0.15, 0.2) is 89.3 Å². The van der Waals surface area contributed by atoms with Crippen LogP contribution in [0.25, 0.3) is 32.8 Å². The van der Waals surface area contributed by atoms with Crippen LogP contribution in [0.3, 0.4) is 0 Å². The van der Waals surface area contributed by atoms with Gasteiger partial charge in [-0.15, -0.1) is 11.3 Å². The summed E-state index contributed by atoms with van der Waals surface area (Å²) in [6, 6.07) is 28.5. The Morgan fingerprint density at radius 3 is 2.11 bits per heavy atom. The van der Waals surface area contributed by atoms with Gasteiger partial charge in [-0.3, -0.25) is 0 Å². The van der Waals surface area contributed by atoms with Gasteiger partial charge in [0.25, 0.3) is 0 Å². The fourth-order valence-corrected chi connectivity index (χ4v) is 4.10. The summed E-state index contributed by atoms with van der Waals surface area (Å²) < 4.78 is 7.40. The van der Waals surface area contributed by atoms with E-state index in [1.165, 1.54) is 4.70 Å². The molecule has 0 aliphatic rings. The number of benzene rings is 3. The summed E-state index contributed by atoms with van der Waals surface area (Å²) in [4.78, 5) is 9.53. The molecule has 0 aliphatic carbocycles. The third-order valence-electron chi connectivity index (χ3n) is 4.40. The second-order valence-corrected chi connectivity index (χ2v) is 7.38. The Morgan fingerprint density at radius 1 is 0.704 bits per heavy atom. The predicted molar refractivity (Wildman–Crippen MR) is 110 cm³/mol. The highest BCUT2D eigenvalue weighted by molar-refractivity contribution is 7.18. The predicted octanol–water partition coefficient (Wildman–Crippen LogP) is 6.21.